The van der Waals surface area contributed by atoms with Crippen molar-refractivity contribution in [2.45, 2.75) is 6.92 Å². The molecule has 0 saturated carbocycles. The molecule has 0 bridgehead atoms. The highest BCUT2D eigenvalue weighted by Crippen LogP contribution is 1.77. The van der Waals surface area contributed by atoms with E-state index >= 15 is 0 Å². The fourth-order valence-electron chi connectivity index (χ4n) is 0.460. The second-order valence-electron chi connectivity index (χ2n) is 1.64. The quantitative estimate of drug-likeness (QED) is 0.326. The minimum atomic E-state index is 0.214. The van der Waals surface area contributed by atoms with Crippen LogP contribution in [-0.2, 0) is 14.4 Å². The summed E-state index contributed by atoms with van der Waals surface area (Å²) in [6, 6.07) is 0. The summed E-state index contributed by atoms with van der Waals surface area (Å²) >= 11 is 0. The Kier molecular flexibility index (Phi) is 8.70. The predicted octanol–water partition coefficient (Wildman–Crippen LogP) is 0.529. The third-order valence-electron chi connectivity index (χ3n) is 0.895. The molecular formula is C6H14O4. The van der Waals surface area contributed by atoms with E-state index in [0.29, 0.717) is 26.4 Å². The molecule has 0 aliphatic heterocycles. The Morgan fingerprint density at radius 2 is 1.60 bits per heavy atom. The minimum absolute atomic E-state index is 0.214. The van der Waals surface area contributed by atoms with Crippen LogP contribution in [-0.4, -0.2) is 38.3 Å². The van der Waals surface area contributed by atoms with Crippen molar-refractivity contribution >= 4 is 0 Å². The van der Waals surface area contributed by atoms with Crippen molar-refractivity contribution in [3.63, 3.8) is 0 Å². The molecule has 0 heterocycles. The van der Waals surface area contributed by atoms with Crippen molar-refractivity contribution in [1.29, 1.82) is 0 Å². The highest BCUT2D eigenvalue weighted by Gasteiger charge is 1.86. The lowest BCUT2D eigenvalue weighted by atomic mass is 10.7. The van der Waals surface area contributed by atoms with Gasteiger partial charge in [0.15, 0.2) is 0 Å². The van der Waals surface area contributed by atoms with Crippen molar-refractivity contribution in [3.8, 4) is 0 Å². The highest BCUT2D eigenvalue weighted by molar-refractivity contribution is 4.28. The van der Waals surface area contributed by atoms with Gasteiger partial charge < -0.3 is 9.47 Å². The van der Waals surface area contributed by atoms with Crippen LogP contribution in [0, 0.1) is 0 Å². The smallest absolute Gasteiger partial charge is 0.105 e. The molecule has 10 heavy (non-hydrogen) atoms. The summed E-state index contributed by atoms with van der Waals surface area (Å²) in [5.74, 6) is 0. The number of rotatable bonds is 7. The van der Waals surface area contributed by atoms with E-state index in [1.165, 1.54) is 0 Å². The van der Waals surface area contributed by atoms with Crippen LogP contribution in [0.3, 0.4) is 0 Å². The second-order valence-corrected chi connectivity index (χ2v) is 1.64. The van der Waals surface area contributed by atoms with Crippen LogP contribution in [0.25, 0.3) is 0 Å². The van der Waals surface area contributed by atoms with Gasteiger partial charge in [0.05, 0.1) is 19.8 Å². The molecular weight excluding hydrogens is 136 g/mol. The fraction of sp³-hybridized carbons (Fsp3) is 1.00. The predicted molar refractivity (Wildman–Crippen MR) is 35.9 cm³/mol. The molecule has 0 rings (SSSR count). The summed E-state index contributed by atoms with van der Waals surface area (Å²) in [5, 5.41) is 7.86. The molecule has 0 unspecified atom stereocenters. The Morgan fingerprint density at radius 3 is 2.20 bits per heavy atom. The van der Waals surface area contributed by atoms with Gasteiger partial charge in [0.2, 0.25) is 0 Å². The maximum absolute atomic E-state index is 7.86. The molecule has 0 saturated heterocycles. The second kappa shape index (κ2) is 8.84. The molecule has 0 amide bonds. The molecule has 4 heteroatoms. The van der Waals surface area contributed by atoms with Crippen molar-refractivity contribution in [3.05, 3.63) is 0 Å². The van der Waals surface area contributed by atoms with Crippen LogP contribution in [0.15, 0.2) is 0 Å². The summed E-state index contributed by atoms with van der Waals surface area (Å²) in [5.41, 5.74) is 0. The molecule has 0 atom stereocenters. The third-order valence-corrected chi connectivity index (χ3v) is 0.895. The molecule has 0 aliphatic rings. The van der Waals surface area contributed by atoms with Crippen LogP contribution in [0.4, 0.5) is 0 Å². The SMILES string of the molecule is CCOCCOCCOO. The van der Waals surface area contributed by atoms with Gasteiger partial charge in [-0.3, -0.25) is 5.26 Å². The zero-order valence-electron chi connectivity index (χ0n) is 6.21. The van der Waals surface area contributed by atoms with Gasteiger partial charge in [-0.25, -0.2) is 4.89 Å². The van der Waals surface area contributed by atoms with E-state index < -0.39 is 0 Å². The van der Waals surface area contributed by atoms with Crippen LogP contribution in [0.5, 0.6) is 0 Å². The third kappa shape index (κ3) is 7.84. The first kappa shape index (κ1) is 9.84. The Bertz CT molecular complexity index is 49.7. The molecule has 0 aromatic heterocycles. The van der Waals surface area contributed by atoms with Crippen molar-refractivity contribution in [1.82, 2.24) is 0 Å². The molecule has 4 nitrogen and oxygen atoms in total. The summed E-state index contributed by atoms with van der Waals surface area (Å²) in [6.45, 7) is 4.41. The van der Waals surface area contributed by atoms with Gasteiger partial charge in [-0.15, -0.1) is 0 Å². The summed E-state index contributed by atoms with van der Waals surface area (Å²) in [6.07, 6.45) is 0. The van der Waals surface area contributed by atoms with E-state index in [9.17, 15) is 0 Å². The largest absolute Gasteiger partial charge is 0.379 e. The van der Waals surface area contributed by atoms with Crippen LogP contribution >= 0.6 is 0 Å². The number of ether oxygens (including phenoxy) is 2. The standard InChI is InChI=1S/C6H14O4/c1-2-8-3-4-9-5-6-10-7/h7H,2-6H2,1H3. The van der Waals surface area contributed by atoms with Crippen LogP contribution in [0.1, 0.15) is 6.92 Å². The van der Waals surface area contributed by atoms with Crippen molar-refractivity contribution in [2.75, 3.05) is 33.0 Å². The maximum atomic E-state index is 7.86. The van der Waals surface area contributed by atoms with Gasteiger partial charge in [0.25, 0.3) is 0 Å². The van der Waals surface area contributed by atoms with Crippen LogP contribution in [0.2, 0.25) is 0 Å². The summed E-state index contributed by atoms with van der Waals surface area (Å²) < 4.78 is 9.95. The Hall–Kier alpha value is -0.160. The topological polar surface area (TPSA) is 47.9 Å². The van der Waals surface area contributed by atoms with E-state index in [2.05, 4.69) is 4.89 Å². The first-order valence-electron chi connectivity index (χ1n) is 3.33. The van der Waals surface area contributed by atoms with Gasteiger partial charge in [0, 0.05) is 6.61 Å². The molecule has 0 radical (unpaired) electrons. The monoisotopic (exact) mass is 150 g/mol. The van der Waals surface area contributed by atoms with Crippen molar-refractivity contribution in [2.24, 2.45) is 0 Å². The van der Waals surface area contributed by atoms with Gasteiger partial charge in [-0.1, -0.05) is 0 Å². The zero-order chi connectivity index (χ0) is 7.66. The van der Waals surface area contributed by atoms with E-state index in [0.717, 1.165) is 0 Å². The molecule has 0 aliphatic carbocycles. The van der Waals surface area contributed by atoms with Gasteiger partial charge in [-0.05, 0) is 6.92 Å². The first-order chi connectivity index (χ1) is 4.91. The Balaban J connectivity index is 2.65. The molecule has 1 N–H and O–H groups in total. The minimum Gasteiger partial charge on any atom is -0.379 e. The Morgan fingerprint density at radius 1 is 1.00 bits per heavy atom. The molecule has 0 fully saturated rings. The lowest BCUT2D eigenvalue weighted by Gasteiger charge is -2.01. The van der Waals surface area contributed by atoms with Crippen LogP contribution < -0.4 is 0 Å². The van der Waals surface area contributed by atoms with Gasteiger partial charge >= 0.3 is 0 Å². The lowest BCUT2D eigenvalue weighted by molar-refractivity contribution is -0.249. The Labute approximate surface area is 60.6 Å². The molecule has 0 aromatic rings. The van der Waals surface area contributed by atoms with E-state index in [-0.39, 0.29) is 6.61 Å². The maximum Gasteiger partial charge on any atom is 0.105 e. The number of hydrogen-bond acceptors (Lipinski definition) is 4. The zero-order valence-corrected chi connectivity index (χ0v) is 6.21. The molecule has 0 aromatic carbocycles. The van der Waals surface area contributed by atoms with E-state index in [4.69, 9.17) is 14.7 Å². The van der Waals surface area contributed by atoms with Crippen molar-refractivity contribution < 1.29 is 19.6 Å². The number of hydrogen-bond donors (Lipinski definition) is 1. The molecule has 0 spiro atoms. The molecule has 62 valence electrons. The average molecular weight is 150 g/mol. The van der Waals surface area contributed by atoms with Gasteiger partial charge in [0.1, 0.15) is 6.61 Å². The summed E-state index contributed by atoms with van der Waals surface area (Å²) in [4.78, 5) is 3.78. The fourth-order valence-corrected chi connectivity index (χ4v) is 0.460. The normalized spacial score (nSPS) is 10.2. The van der Waals surface area contributed by atoms with E-state index in [1.54, 1.807) is 0 Å². The highest BCUT2D eigenvalue weighted by atomic mass is 17.1. The first-order valence-corrected chi connectivity index (χ1v) is 3.33. The van der Waals surface area contributed by atoms with E-state index in [1.807, 2.05) is 6.92 Å². The lowest BCUT2D eigenvalue weighted by Crippen LogP contribution is -2.08. The van der Waals surface area contributed by atoms with Gasteiger partial charge in [-0.2, -0.15) is 0 Å². The average Bonchev–Trinajstić information content (AvgIpc) is 1.97. The summed E-state index contributed by atoms with van der Waals surface area (Å²) in [7, 11) is 0.